The molecule has 1 heterocycles. The number of aromatic nitrogens is 2. The lowest BCUT2D eigenvalue weighted by Crippen LogP contribution is -1.92. The maximum atomic E-state index is 6.01. The van der Waals surface area contributed by atoms with Crippen molar-refractivity contribution >= 4 is 39.2 Å². The lowest BCUT2D eigenvalue weighted by atomic mass is 10.3. The summed E-state index contributed by atoms with van der Waals surface area (Å²) < 4.78 is 0.951. The number of anilines is 2. The molecule has 0 radical (unpaired) electrons. The Morgan fingerprint density at radius 3 is 2.93 bits per heavy atom. The monoisotopic (exact) mass is 271 g/mol. The molecule has 0 bridgehead atoms. The Kier molecular flexibility index (Phi) is 2.74. The summed E-state index contributed by atoms with van der Waals surface area (Å²) in [6.45, 7) is 0. The summed E-state index contributed by atoms with van der Waals surface area (Å²) in [5.41, 5.74) is 0.824. The molecule has 0 aliphatic carbocycles. The van der Waals surface area contributed by atoms with Crippen LogP contribution in [0.2, 0.25) is 5.02 Å². The fourth-order valence-corrected chi connectivity index (χ4v) is 1.77. The lowest BCUT2D eigenvalue weighted by molar-refractivity contribution is 1.29. The van der Waals surface area contributed by atoms with Gasteiger partial charge in [-0.3, -0.25) is 0 Å². The van der Waals surface area contributed by atoms with E-state index < -0.39 is 0 Å². The van der Waals surface area contributed by atoms with Crippen molar-refractivity contribution in [2.45, 2.75) is 0 Å². The Labute approximate surface area is 94.6 Å². The van der Waals surface area contributed by atoms with Crippen LogP contribution in [-0.4, -0.2) is 9.97 Å². The Hall–Kier alpha value is -1.00. The zero-order valence-electron chi connectivity index (χ0n) is 7.09. The summed E-state index contributed by atoms with van der Waals surface area (Å²) in [5.74, 6) is 0.675. The molecule has 0 saturated heterocycles. The van der Waals surface area contributed by atoms with Gasteiger partial charge in [0.2, 0.25) is 5.95 Å². The second kappa shape index (κ2) is 4.02. The van der Waals surface area contributed by atoms with Gasteiger partial charge in [0.1, 0.15) is 0 Å². The van der Waals surface area contributed by atoms with Crippen LogP contribution in [-0.2, 0) is 0 Å². The van der Waals surface area contributed by atoms with Crippen molar-refractivity contribution in [1.29, 1.82) is 0 Å². The summed E-state index contributed by atoms with van der Waals surface area (Å²) in [6, 6.07) is 5.62. The average Bonchev–Trinajstić information content (AvgIpc) is 2.62. The molecule has 3 nitrogen and oxygen atoms in total. The van der Waals surface area contributed by atoms with Crippen molar-refractivity contribution in [2.75, 3.05) is 5.32 Å². The molecule has 2 N–H and O–H groups in total. The molecule has 0 aliphatic rings. The number of hydrogen-bond donors (Lipinski definition) is 2. The van der Waals surface area contributed by atoms with Crippen LogP contribution in [0.3, 0.4) is 0 Å². The fourth-order valence-electron chi connectivity index (χ4n) is 1.05. The third-order valence-corrected chi connectivity index (χ3v) is 2.49. The number of hydrogen-bond acceptors (Lipinski definition) is 2. The number of nitrogens with zero attached hydrogens (tertiary/aromatic N) is 1. The van der Waals surface area contributed by atoms with Gasteiger partial charge >= 0.3 is 0 Å². The molecule has 5 heteroatoms. The van der Waals surface area contributed by atoms with Crippen molar-refractivity contribution in [3.8, 4) is 0 Å². The van der Waals surface area contributed by atoms with Crippen LogP contribution >= 0.6 is 27.5 Å². The van der Waals surface area contributed by atoms with Crippen LogP contribution in [0.4, 0.5) is 11.6 Å². The molecular weight excluding hydrogens is 265 g/mol. The van der Waals surface area contributed by atoms with Gasteiger partial charge in [-0.2, -0.15) is 0 Å². The van der Waals surface area contributed by atoms with Gasteiger partial charge in [0.15, 0.2) is 0 Å². The van der Waals surface area contributed by atoms with Gasteiger partial charge < -0.3 is 10.3 Å². The number of halogens is 2. The quantitative estimate of drug-likeness (QED) is 0.877. The van der Waals surface area contributed by atoms with Gasteiger partial charge in [-0.15, -0.1) is 0 Å². The third-order valence-electron chi connectivity index (χ3n) is 1.68. The average molecular weight is 273 g/mol. The van der Waals surface area contributed by atoms with Gasteiger partial charge in [-0.1, -0.05) is 27.5 Å². The zero-order valence-corrected chi connectivity index (χ0v) is 9.43. The molecule has 2 rings (SSSR count). The largest absolute Gasteiger partial charge is 0.331 e. The molecule has 1 aromatic heterocycles. The highest BCUT2D eigenvalue weighted by atomic mass is 79.9. The third kappa shape index (κ3) is 2.08. The molecule has 2 aromatic rings. The highest BCUT2D eigenvalue weighted by Gasteiger charge is 2.01. The number of H-pyrrole nitrogens is 1. The number of rotatable bonds is 2. The molecule has 0 saturated carbocycles. The summed E-state index contributed by atoms with van der Waals surface area (Å²) in [4.78, 5) is 6.97. The van der Waals surface area contributed by atoms with E-state index in [9.17, 15) is 0 Å². The molecule has 0 amide bonds. The van der Waals surface area contributed by atoms with E-state index >= 15 is 0 Å². The summed E-state index contributed by atoms with van der Waals surface area (Å²) in [6.07, 6.45) is 3.42. The molecule has 72 valence electrons. The minimum atomic E-state index is 0.649. The van der Waals surface area contributed by atoms with Crippen LogP contribution in [0.15, 0.2) is 35.1 Å². The molecule has 0 spiro atoms. The minimum absolute atomic E-state index is 0.649. The van der Waals surface area contributed by atoms with Crippen LogP contribution in [0.5, 0.6) is 0 Å². The number of imidazole rings is 1. The van der Waals surface area contributed by atoms with Crippen molar-refractivity contribution in [3.63, 3.8) is 0 Å². The van der Waals surface area contributed by atoms with E-state index in [0.717, 1.165) is 10.2 Å². The van der Waals surface area contributed by atoms with Gasteiger partial charge in [0, 0.05) is 16.9 Å². The van der Waals surface area contributed by atoms with Gasteiger partial charge in [-0.05, 0) is 18.2 Å². The zero-order chi connectivity index (χ0) is 9.97. The second-order valence-electron chi connectivity index (χ2n) is 2.69. The van der Waals surface area contributed by atoms with Crippen LogP contribution < -0.4 is 5.32 Å². The van der Waals surface area contributed by atoms with E-state index in [1.165, 1.54) is 0 Å². The summed E-state index contributed by atoms with van der Waals surface area (Å²) >= 11 is 9.35. The normalized spacial score (nSPS) is 10.1. The fraction of sp³-hybridized carbons (Fsp3) is 0. The van der Waals surface area contributed by atoms with E-state index in [2.05, 4.69) is 31.2 Å². The first-order valence-electron chi connectivity index (χ1n) is 3.97. The van der Waals surface area contributed by atoms with E-state index in [0.29, 0.717) is 11.0 Å². The Balaban J connectivity index is 2.25. The van der Waals surface area contributed by atoms with E-state index in [-0.39, 0.29) is 0 Å². The number of aromatic amines is 1. The molecule has 0 atom stereocenters. The lowest BCUT2D eigenvalue weighted by Gasteiger charge is -2.05. The Bertz CT molecular complexity index is 428. The van der Waals surface area contributed by atoms with Crippen LogP contribution in [0.1, 0.15) is 0 Å². The topological polar surface area (TPSA) is 40.7 Å². The van der Waals surface area contributed by atoms with Crippen molar-refractivity contribution < 1.29 is 0 Å². The van der Waals surface area contributed by atoms with E-state index in [1.54, 1.807) is 12.4 Å². The first-order valence-corrected chi connectivity index (χ1v) is 5.14. The SMILES string of the molecule is Clc1cc(Br)ccc1Nc1ncc[nH]1. The minimum Gasteiger partial charge on any atom is -0.331 e. The van der Waals surface area contributed by atoms with Gasteiger partial charge in [-0.25, -0.2) is 4.98 Å². The van der Waals surface area contributed by atoms with E-state index in [4.69, 9.17) is 11.6 Å². The number of nitrogens with one attached hydrogen (secondary N) is 2. The van der Waals surface area contributed by atoms with Gasteiger partial charge in [0.05, 0.1) is 10.7 Å². The smallest absolute Gasteiger partial charge is 0.204 e. The van der Waals surface area contributed by atoms with Crippen LogP contribution in [0.25, 0.3) is 0 Å². The van der Waals surface area contributed by atoms with E-state index in [1.807, 2.05) is 18.2 Å². The van der Waals surface area contributed by atoms with Crippen LogP contribution in [0, 0.1) is 0 Å². The highest BCUT2D eigenvalue weighted by molar-refractivity contribution is 9.10. The molecule has 1 aromatic carbocycles. The summed E-state index contributed by atoms with van der Waals surface area (Å²) in [5, 5.41) is 3.71. The first kappa shape index (κ1) is 9.55. The predicted molar refractivity (Wildman–Crippen MR) is 61.0 cm³/mol. The molecule has 0 unspecified atom stereocenters. The predicted octanol–water partition coefficient (Wildman–Crippen LogP) is 3.57. The Morgan fingerprint density at radius 2 is 2.29 bits per heavy atom. The molecular formula is C9H7BrClN3. The second-order valence-corrected chi connectivity index (χ2v) is 4.01. The maximum Gasteiger partial charge on any atom is 0.204 e. The molecule has 0 aliphatic heterocycles. The number of benzene rings is 1. The van der Waals surface area contributed by atoms with Crippen molar-refractivity contribution in [1.82, 2.24) is 9.97 Å². The van der Waals surface area contributed by atoms with Gasteiger partial charge in [0.25, 0.3) is 0 Å². The molecule has 14 heavy (non-hydrogen) atoms. The maximum absolute atomic E-state index is 6.01. The van der Waals surface area contributed by atoms with Crippen molar-refractivity contribution in [2.24, 2.45) is 0 Å². The highest BCUT2D eigenvalue weighted by Crippen LogP contribution is 2.27. The Morgan fingerprint density at radius 1 is 1.43 bits per heavy atom. The van der Waals surface area contributed by atoms with Crippen molar-refractivity contribution in [3.05, 3.63) is 40.1 Å². The summed E-state index contributed by atoms with van der Waals surface area (Å²) in [7, 11) is 0. The molecule has 0 fully saturated rings. The standard InChI is InChI=1S/C9H7BrClN3/c10-6-1-2-8(7(11)5-6)14-9-12-3-4-13-9/h1-5H,(H2,12,13,14). The first-order chi connectivity index (χ1) is 6.75.